The van der Waals surface area contributed by atoms with Crippen LogP contribution in [0.1, 0.15) is 29.0 Å². The molecule has 19 heavy (non-hydrogen) atoms. The summed E-state index contributed by atoms with van der Waals surface area (Å²) in [6.07, 6.45) is 0.798. The molecule has 4 nitrogen and oxygen atoms in total. The number of rotatable bonds is 5. The van der Waals surface area contributed by atoms with E-state index in [1.807, 2.05) is 21.9 Å². The van der Waals surface area contributed by atoms with Gasteiger partial charge in [-0.05, 0) is 0 Å². The molecule has 0 radical (unpaired) electrons. The fourth-order valence-electron chi connectivity index (χ4n) is 1.98. The summed E-state index contributed by atoms with van der Waals surface area (Å²) >= 11 is 4.77. The van der Waals surface area contributed by atoms with E-state index in [1.54, 1.807) is 34.0 Å². The minimum atomic E-state index is -0.143. The normalized spacial score (nSPS) is 14.4. The van der Waals surface area contributed by atoms with E-state index in [2.05, 4.69) is 25.7 Å². The molecule has 0 aromatic carbocycles. The van der Waals surface area contributed by atoms with Gasteiger partial charge in [-0.2, -0.15) is 0 Å². The lowest BCUT2D eigenvalue weighted by atomic mass is 9.91. The summed E-state index contributed by atoms with van der Waals surface area (Å²) < 4.78 is 0. The largest absolute Gasteiger partial charge is 0.322 e. The average molecular weight is 308 g/mol. The standard InChI is InChI=1S/C12H12N4S3/c13-12(11-4-19-7-16-11)9(10-3-18-6-15-10)1-8-2-17-5-14-8/h2-7,9,12H,1,13H2. The molecule has 0 saturated carbocycles. The van der Waals surface area contributed by atoms with E-state index in [4.69, 9.17) is 5.73 Å². The van der Waals surface area contributed by atoms with Crippen molar-refractivity contribution in [3.05, 3.63) is 49.8 Å². The van der Waals surface area contributed by atoms with Gasteiger partial charge in [0.2, 0.25) is 0 Å². The first-order valence-electron chi connectivity index (χ1n) is 5.73. The van der Waals surface area contributed by atoms with Gasteiger partial charge in [0.05, 0.1) is 39.7 Å². The van der Waals surface area contributed by atoms with Crippen LogP contribution >= 0.6 is 34.0 Å². The Morgan fingerprint density at radius 1 is 0.895 bits per heavy atom. The third kappa shape index (κ3) is 2.89. The van der Waals surface area contributed by atoms with Crippen LogP contribution in [0.4, 0.5) is 0 Å². The molecule has 98 valence electrons. The lowest BCUT2D eigenvalue weighted by Gasteiger charge is -2.20. The van der Waals surface area contributed by atoms with E-state index < -0.39 is 0 Å². The minimum Gasteiger partial charge on any atom is -0.322 e. The third-order valence-electron chi connectivity index (χ3n) is 2.97. The number of nitrogens with two attached hydrogens (primary N) is 1. The SMILES string of the molecule is NC(c1cscn1)C(Cc1cscn1)c1cscn1. The van der Waals surface area contributed by atoms with Gasteiger partial charge in [0.25, 0.3) is 0 Å². The number of aromatic nitrogens is 3. The predicted octanol–water partition coefficient (Wildman–Crippen LogP) is 3.08. The number of thiazole rings is 3. The van der Waals surface area contributed by atoms with Crippen LogP contribution in [0.25, 0.3) is 0 Å². The molecule has 0 spiro atoms. The van der Waals surface area contributed by atoms with Crippen molar-refractivity contribution in [2.24, 2.45) is 5.73 Å². The lowest BCUT2D eigenvalue weighted by Crippen LogP contribution is -2.22. The fraction of sp³-hybridized carbons (Fsp3) is 0.250. The fourth-order valence-corrected chi connectivity index (χ4v) is 3.77. The highest BCUT2D eigenvalue weighted by Gasteiger charge is 2.25. The van der Waals surface area contributed by atoms with Gasteiger partial charge < -0.3 is 5.73 Å². The van der Waals surface area contributed by atoms with Crippen LogP contribution in [0.2, 0.25) is 0 Å². The maximum atomic E-state index is 6.38. The van der Waals surface area contributed by atoms with Gasteiger partial charge in [-0.25, -0.2) is 15.0 Å². The van der Waals surface area contributed by atoms with Gasteiger partial charge in [-0.3, -0.25) is 0 Å². The molecule has 2 unspecified atom stereocenters. The number of nitrogens with zero attached hydrogens (tertiary/aromatic N) is 3. The van der Waals surface area contributed by atoms with Crippen molar-refractivity contribution in [3.63, 3.8) is 0 Å². The summed E-state index contributed by atoms with van der Waals surface area (Å²) in [6.45, 7) is 0. The Balaban J connectivity index is 1.88. The van der Waals surface area contributed by atoms with E-state index in [9.17, 15) is 0 Å². The summed E-state index contributed by atoms with van der Waals surface area (Å²) in [5.74, 6) is 0.121. The summed E-state index contributed by atoms with van der Waals surface area (Å²) in [7, 11) is 0. The zero-order valence-electron chi connectivity index (χ0n) is 9.97. The molecule has 2 atom stereocenters. The van der Waals surface area contributed by atoms with Crippen LogP contribution in [0.5, 0.6) is 0 Å². The molecule has 0 aliphatic carbocycles. The van der Waals surface area contributed by atoms with Crippen molar-refractivity contribution in [1.82, 2.24) is 15.0 Å². The Bertz CT molecular complexity index is 589. The van der Waals surface area contributed by atoms with Crippen molar-refractivity contribution in [3.8, 4) is 0 Å². The van der Waals surface area contributed by atoms with Gasteiger partial charge >= 0.3 is 0 Å². The highest BCUT2D eigenvalue weighted by molar-refractivity contribution is 7.08. The third-order valence-corrected chi connectivity index (χ3v) is 4.81. The molecule has 0 aliphatic heterocycles. The zero-order valence-corrected chi connectivity index (χ0v) is 12.4. The maximum absolute atomic E-state index is 6.38. The second kappa shape index (κ2) is 5.87. The molecule has 7 heteroatoms. The van der Waals surface area contributed by atoms with Crippen LogP contribution in [0, 0.1) is 0 Å². The van der Waals surface area contributed by atoms with E-state index in [1.165, 1.54) is 0 Å². The summed E-state index contributed by atoms with van der Waals surface area (Å²) in [6, 6.07) is -0.143. The second-order valence-corrected chi connectivity index (χ2v) is 6.30. The first-order valence-corrected chi connectivity index (χ1v) is 8.56. The van der Waals surface area contributed by atoms with Crippen LogP contribution in [0.15, 0.2) is 32.7 Å². The van der Waals surface area contributed by atoms with E-state index in [0.29, 0.717) is 0 Å². The van der Waals surface area contributed by atoms with Crippen molar-refractivity contribution in [1.29, 1.82) is 0 Å². The van der Waals surface area contributed by atoms with Crippen molar-refractivity contribution in [2.45, 2.75) is 18.4 Å². The van der Waals surface area contributed by atoms with Crippen LogP contribution in [0.3, 0.4) is 0 Å². The molecule has 0 aliphatic rings. The molecule has 2 N–H and O–H groups in total. The van der Waals surface area contributed by atoms with Crippen molar-refractivity contribution < 1.29 is 0 Å². The van der Waals surface area contributed by atoms with E-state index >= 15 is 0 Å². The molecular weight excluding hydrogens is 296 g/mol. The van der Waals surface area contributed by atoms with Gasteiger partial charge in [0.1, 0.15) is 0 Å². The molecule has 0 amide bonds. The Hall–Kier alpha value is -1.15. The Kier molecular flexibility index (Phi) is 3.97. The van der Waals surface area contributed by atoms with Crippen molar-refractivity contribution >= 4 is 34.0 Å². The van der Waals surface area contributed by atoms with Gasteiger partial charge in [-0.15, -0.1) is 34.0 Å². The first kappa shape index (κ1) is 12.9. The molecule has 0 bridgehead atoms. The van der Waals surface area contributed by atoms with Crippen LogP contribution in [-0.2, 0) is 6.42 Å². The monoisotopic (exact) mass is 308 g/mol. The summed E-state index contributed by atoms with van der Waals surface area (Å²) in [5.41, 5.74) is 14.9. The van der Waals surface area contributed by atoms with Crippen LogP contribution in [-0.4, -0.2) is 15.0 Å². The van der Waals surface area contributed by atoms with Gasteiger partial charge in [-0.1, -0.05) is 0 Å². The molecule has 0 fully saturated rings. The Morgan fingerprint density at radius 3 is 2.11 bits per heavy atom. The topological polar surface area (TPSA) is 64.7 Å². The van der Waals surface area contributed by atoms with Crippen molar-refractivity contribution in [2.75, 3.05) is 0 Å². The molecule has 3 aromatic heterocycles. The van der Waals surface area contributed by atoms with Gasteiger partial charge in [0, 0.05) is 28.5 Å². The quantitative estimate of drug-likeness (QED) is 0.786. The number of hydrogen-bond donors (Lipinski definition) is 1. The van der Waals surface area contributed by atoms with Crippen LogP contribution < -0.4 is 5.73 Å². The molecule has 3 heterocycles. The zero-order chi connectivity index (χ0) is 13.1. The molecule has 3 aromatic rings. The maximum Gasteiger partial charge on any atom is 0.0795 e. The van der Waals surface area contributed by atoms with Gasteiger partial charge in [0.15, 0.2) is 0 Å². The number of hydrogen-bond acceptors (Lipinski definition) is 7. The predicted molar refractivity (Wildman–Crippen MR) is 79.7 cm³/mol. The average Bonchev–Trinajstić information content (AvgIpc) is 3.15. The highest BCUT2D eigenvalue weighted by Crippen LogP contribution is 2.31. The molecule has 3 rings (SSSR count). The smallest absolute Gasteiger partial charge is 0.0795 e. The Labute approximate surface area is 123 Å². The van der Waals surface area contributed by atoms with E-state index in [-0.39, 0.29) is 12.0 Å². The summed E-state index contributed by atoms with van der Waals surface area (Å²) in [5, 5.41) is 6.13. The lowest BCUT2D eigenvalue weighted by molar-refractivity contribution is 0.528. The highest BCUT2D eigenvalue weighted by atomic mass is 32.1. The Morgan fingerprint density at radius 2 is 1.53 bits per heavy atom. The second-order valence-electron chi connectivity index (χ2n) is 4.14. The molecular formula is C12H12N4S3. The minimum absolute atomic E-state index is 0.121. The first-order chi connectivity index (χ1) is 9.34. The van der Waals surface area contributed by atoms with E-state index in [0.717, 1.165) is 23.5 Å². The molecule has 0 saturated heterocycles. The summed E-state index contributed by atoms with van der Waals surface area (Å²) in [4.78, 5) is 13.1.